The van der Waals surface area contributed by atoms with Crippen LogP contribution in [0.1, 0.15) is 33.3 Å². The lowest BCUT2D eigenvalue weighted by Gasteiger charge is -2.10. The molecule has 0 spiro atoms. The molecule has 1 amide bonds. The summed E-state index contributed by atoms with van der Waals surface area (Å²) in [4.78, 5) is 27.9. The predicted octanol–water partition coefficient (Wildman–Crippen LogP) is 4.59. The Morgan fingerprint density at radius 1 is 0.923 bits per heavy atom. The van der Waals surface area contributed by atoms with Crippen molar-refractivity contribution in [3.05, 3.63) is 83.7 Å². The molecule has 0 unspecified atom stereocenters. The average molecular weight is 345 g/mol. The molecular weight excluding hydrogens is 326 g/mol. The van der Waals surface area contributed by atoms with Crippen molar-refractivity contribution >= 4 is 28.8 Å². The van der Waals surface area contributed by atoms with E-state index in [1.54, 1.807) is 30.5 Å². The van der Waals surface area contributed by atoms with Gasteiger partial charge in [-0.05, 0) is 61.9 Å². The molecule has 0 atom stereocenters. The number of para-hydroxylation sites is 1. The van der Waals surface area contributed by atoms with Gasteiger partial charge in [-0.3, -0.25) is 14.6 Å². The number of anilines is 3. The molecule has 0 aliphatic carbocycles. The number of nitrogens with zero attached hydrogens (tertiary/aromatic N) is 1. The van der Waals surface area contributed by atoms with E-state index in [9.17, 15) is 9.59 Å². The monoisotopic (exact) mass is 345 g/mol. The number of hydrogen-bond donors (Lipinski definition) is 2. The van der Waals surface area contributed by atoms with Gasteiger partial charge in [-0.2, -0.15) is 0 Å². The normalized spacial score (nSPS) is 10.2. The summed E-state index contributed by atoms with van der Waals surface area (Å²) < 4.78 is 0. The molecule has 1 aromatic heterocycles. The summed E-state index contributed by atoms with van der Waals surface area (Å²) in [5.74, 6) is -0.245. The summed E-state index contributed by atoms with van der Waals surface area (Å²) in [6, 6.07) is 18.2. The smallest absolute Gasteiger partial charge is 0.274 e. The lowest BCUT2D eigenvalue weighted by Crippen LogP contribution is -2.14. The first-order valence-corrected chi connectivity index (χ1v) is 8.24. The summed E-state index contributed by atoms with van der Waals surface area (Å²) in [5, 5.41) is 6.08. The molecule has 3 aromatic rings. The zero-order chi connectivity index (χ0) is 18.5. The largest absolute Gasteiger partial charge is 0.355 e. The number of rotatable bonds is 5. The summed E-state index contributed by atoms with van der Waals surface area (Å²) in [5.41, 5.74) is 4.29. The topological polar surface area (TPSA) is 71.1 Å². The molecule has 5 nitrogen and oxygen atoms in total. The molecule has 5 heteroatoms. The zero-order valence-electron chi connectivity index (χ0n) is 14.6. The molecule has 0 radical (unpaired) electrons. The van der Waals surface area contributed by atoms with Crippen molar-refractivity contribution in [2.45, 2.75) is 13.8 Å². The lowest BCUT2D eigenvalue weighted by atomic mass is 10.1. The molecule has 0 saturated heterocycles. The molecule has 0 aliphatic rings. The van der Waals surface area contributed by atoms with Gasteiger partial charge in [0.1, 0.15) is 5.69 Å². The Kier molecular flexibility index (Phi) is 5.08. The Hall–Kier alpha value is -3.47. The Balaban J connectivity index is 1.74. The van der Waals surface area contributed by atoms with Crippen LogP contribution in [-0.4, -0.2) is 16.7 Å². The van der Waals surface area contributed by atoms with Gasteiger partial charge in [-0.15, -0.1) is 0 Å². The van der Waals surface area contributed by atoms with E-state index in [2.05, 4.69) is 15.6 Å². The first kappa shape index (κ1) is 17.4. The average Bonchev–Trinajstić information content (AvgIpc) is 2.64. The molecule has 130 valence electrons. The number of nitrogens with one attached hydrogen (secondary N) is 2. The molecule has 2 N–H and O–H groups in total. The highest BCUT2D eigenvalue weighted by Gasteiger charge is 2.10. The van der Waals surface area contributed by atoms with Crippen molar-refractivity contribution in [1.29, 1.82) is 0 Å². The molecule has 26 heavy (non-hydrogen) atoms. The van der Waals surface area contributed by atoms with Crippen molar-refractivity contribution in [2.24, 2.45) is 0 Å². The minimum absolute atomic E-state index is 0.0237. The highest BCUT2D eigenvalue weighted by Crippen LogP contribution is 2.19. The maximum Gasteiger partial charge on any atom is 0.274 e. The van der Waals surface area contributed by atoms with Gasteiger partial charge >= 0.3 is 0 Å². The molecule has 3 rings (SSSR count). The van der Waals surface area contributed by atoms with Crippen LogP contribution >= 0.6 is 0 Å². The number of hydrogen-bond acceptors (Lipinski definition) is 4. The van der Waals surface area contributed by atoms with Crippen molar-refractivity contribution in [1.82, 2.24) is 4.98 Å². The van der Waals surface area contributed by atoms with Crippen LogP contribution in [0.15, 0.2) is 66.9 Å². The van der Waals surface area contributed by atoms with E-state index in [0.717, 1.165) is 22.6 Å². The molecule has 0 fully saturated rings. The minimum Gasteiger partial charge on any atom is -0.355 e. The van der Waals surface area contributed by atoms with Crippen LogP contribution in [-0.2, 0) is 0 Å². The molecular formula is C21H19N3O2. The molecule has 0 bridgehead atoms. The second-order valence-corrected chi connectivity index (χ2v) is 5.96. The van der Waals surface area contributed by atoms with E-state index in [-0.39, 0.29) is 11.7 Å². The van der Waals surface area contributed by atoms with Gasteiger partial charge in [-0.25, -0.2) is 0 Å². The van der Waals surface area contributed by atoms with E-state index < -0.39 is 0 Å². The van der Waals surface area contributed by atoms with E-state index in [4.69, 9.17) is 0 Å². The Bertz CT molecular complexity index is 949. The van der Waals surface area contributed by atoms with E-state index in [1.807, 2.05) is 43.3 Å². The number of pyridine rings is 1. The highest BCUT2D eigenvalue weighted by molar-refractivity contribution is 6.03. The van der Waals surface area contributed by atoms with Crippen LogP contribution in [0.3, 0.4) is 0 Å². The number of Topliss-reactive ketones (excluding diaryl/α,β-unsaturated/α-hetero) is 1. The van der Waals surface area contributed by atoms with Crippen LogP contribution in [0.4, 0.5) is 17.1 Å². The quantitative estimate of drug-likeness (QED) is 0.664. The third kappa shape index (κ3) is 4.13. The predicted molar refractivity (Wildman–Crippen MR) is 103 cm³/mol. The number of carbonyl (C=O) groups is 2. The van der Waals surface area contributed by atoms with Gasteiger partial charge in [0.05, 0.1) is 0 Å². The zero-order valence-corrected chi connectivity index (χ0v) is 14.6. The second-order valence-electron chi connectivity index (χ2n) is 5.96. The maximum atomic E-state index is 12.5. The van der Waals surface area contributed by atoms with Gasteiger partial charge in [0.15, 0.2) is 5.78 Å². The Labute approximate surface area is 152 Å². The van der Waals surface area contributed by atoms with Crippen LogP contribution < -0.4 is 10.6 Å². The van der Waals surface area contributed by atoms with Crippen LogP contribution in [0.25, 0.3) is 0 Å². The first-order chi connectivity index (χ1) is 12.5. The number of ketones is 1. The van der Waals surface area contributed by atoms with Crippen molar-refractivity contribution in [2.75, 3.05) is 10.6 Å². The van der Waals surface area contributed by atoms with Gasteiger partial charge < -0.3 is 10.6 Å². The number of carbonyl (C=O) groups excluding carboxylic acids is 2. The van der Waals surface area contributed by atoms with Gasteiger partial charge in [0.2, 0.25) is 0 Å². The fraction of sp³-hybridized carbons (Fsp3) is 0.0952. The molecule has 1 heterocycles. The number of amides is 1. The Morgan fingerprint density at radius 2 is 1.65 bits per heavy atom. The molecule has 2 aromatic carbocycles. The van der Waals surface area contributed by atoms with Crippen molar-refractivity contribution in [3.8, 4) is 0 Å². The van der Waals surface area contributed by atoms with Gasteiger partial charge in [-0.1, -0.05) is 18.2 Å². The minimum atomic E-state index is -0.269. The fourth-order valence-electron chi connectivity index (χ4n) is 2.49. The molecule has 0 aliphatic heterocycles. The maximum absolute atomic E-state index is 12.5. The van der Waals surface area contributed by atoms with E-state index >= 15 is 0 Å². The third-order valence-corrected chi connectivity index (χ3v) is 3.97. The fourth-order valence-corrected chi connectivity index (χ4v) is 2.49. The van der Waals surface area contributed by atoms with Crippen LogP contribution in [0, 0.1) is 6.92 Å². The SMILES string of the molecule is CC(=O)c1ccc(Nc2ccnc(C(=O)Nc3ccccc3C)c2)cc1. The number of benzene rings is 2. The van der Waals surface area contributed by atoms with Gasteiger partial charge in [0, 0.05) is 28.8 Å². The summed E-state index contributed by atoms with van der Waals surface area (Å²) in [6.07, 6.45) is 1.58. The first-order valence-electron chi connectivity index (χ1n) is 8.24. The van der Waals surface area contributed by atoms with Crippen molar-refractivity contribution in [3.63, 3.8) is 0 Å². The van der Waals surface area contributed by atoms with E-state index in [1.165, 1.54) is 6.92 Å². The second kappa shape index (κ2) is 7.61. The van der Waals surface area contributed by atoms with Gasteiger partial charge in [0.25, 0.3) is 5.91 Å². The van der Waals surface area contributed by atoms with Crippen LogP contribution in [0.2, 0.25) is 0 Å². The Morgan fingerprint density at radius 3 is 2.35 bits per heavy atom. The molecule has 0 saturated carbocycles. The summed E-state index contributed by atoms with van der Waals surface area (Å²) in [6.45, 7) is 3.47. The van der Waals surface area contributed by atoms with Crippen LogP contribution in [0.5, 0.6) is 0 Å². The third-order valence-electron chi connectivity index (χ3n) is 3.97. The summed E-state index contributed by atoms with van der Waals surface area (Å²) >= 11 is 0. The lowest BCUT2D eigenvalue weighted by molar-refractivity contribution is 0.101. The standard InChI is InChI=1S/C21H19N3O2/c1-14-5-3-4-6-19(14)24-21(26)20-13-18(11-12-22-20)23-17-9-7-16(8-10-17)15(2)25/h3-13H,1-2H3,(H,22,23)(H,24,26). The highest BCUT2D eigenvalue weighted by atomic mass is 16.2. The summed E-state index contributed by atoms with van der Waals surface area (Å²) in [7, 11) is 0. The number of aromatic nitrogens is 1. The van der Waals surface area contributed by atoms with Crippen molar-refractivity contribution < 1.29 is 9.59 Å². The van der Waals surface area contributed by atoms with E-state index in [0.29, 0.717) is 11.3 Å². The number of aryl methyl sites for hydroxylation is 1.